The molecule has 0 spiro atoms. The van der Waals surface area contributed by atoms with Crippen LogP contribution in [0.3, 0.4) is 0 Å². The zero-order valence-corrected chi connectivity index (χ0v) is 13.4. The average molecular weight is 288 g/mol. The first-order valence-electron chi connectivity index (χ1n) is 8.43. The van der Waals surface area contributed by atoms with Gasteiger partial charge in [0.15, 0.2) is 0 Å². The maximum absolute atomic E-state index is 5.74. The Labute approximate surface area is 128 Å². The van der Waals surface area contributed by atoms with Gasteiger partial charge < -0.3 is 15.0 Å². The fourth-order valence-corrected chi connectivity index (χ4v) is 3.78. The van der Waals surface area contributed by atoms with Crippen molar-refractivity contribution >= 4 is 5.69 Å². The van der Waals surface area contributed by atoms with Gasteiger partial charge in [-0.2, -0.15) is 0 Å². The zero-order valence-electron chi connectivity index (χ0n) is 13.4. The number of anilines is 1. The molecular formula is C18H28N2O. The standard InChI is InChI=1S/C18H28N2O/c1-3-19-17-8-10-21-13-16(17)12-20-9-4-5-15-11-14(2)6-7-18(15)20/h6-7,11,16-17,19H,3-5,8-10,12-13H2,1-2H3. The van der Waals surface area contributed by atoms with Crippen LogP contribution in [0.15, 0.2) is 18.2 Å². The van der Waals surface area contributed by atoms with Gasteiger partial charge in [0.1, 0.15) is 0 Å². The van der Waals surface area contributed by atoms with Crippen molar-refractivity contribution in [2.24, 2.45) is 5.92 Å². The van der Waals surface area contributed by atoms with Gasteiger partial charge in [-0.25, -0.2) is 0 Å². The SMILES string of the molecule is CCNC1CCOCC1CN1CCCc2cc(C)ccc21. The molecule has 0 saturated carbocycles. The second-order valence-corrected chi connectivity index (χ2v) is 6.47. The van der Waals surface area contributed by atoms with Crippen molar-refractivity contribution in [3.63, 3.8) is 0 Å². The Morgan fingerprint density at radius 3 is 3.14 bits per heavy atom. The van der Waals surface area contributed by atoms with Crippen LogP contribution in [0.4, 0.5) is 5.69 Å². The number of aryl methyl sites for hydroxylation is 2. The molecule has 2 unspecified atom stereocenters. The summed E-state index contributed by atoms with van der Waals surface area (Å²) in [7, 11) is 0. The van der Waals surface area contributed by atoms with Crippen LogP contribution in [0.1, 0.15) is 30.9 Å². The normalized spacial score (nSPS) is 25.7. The maximum atomic E-state index is 5.74. The molecule has 1 aromatic rings. The van der Waals surface area contributed by atoms with Crippen LogP contribution < -0.4 is 10.2 Å². The summed E-state index contributed by atoms with van der Waals surface area (Å²) in [5.41, 5.74) is 4.35. The number of rotatable bonds is 4. The predicted molar refractivity (Wildman–Crippen MR) is 88.1 cm³/mol. The van der Waals surface area contributed by atoms with E-state index in [1.54, 1.807) is 0 Å². The molecule has 116 valence electrons. The summed E-state index contributed by atoms with van der Waals surface area (Å²) >= 11 is 0. The van der Waals surface area contributed by atoms with E-state index < -0.39 is 0 Å². The number of benzene rings is 1. The summed E-state index contributed by atoms with van der Waals surface area (Å²) < 4.78 is 5.74. The average Bonchev–Trinajstić information content (AvgIpc) is 2.49. The molecule has 1 aromatic carbocycles. The second kappa shape index (κ2) is 6.80. The van der Waals surface area contributed by atoms with Crippen molar-refractivity contribution in [1.82, 2.24) is 5.32 Å². The molecule has 0 bridgehead atoms. The number of nitrogens with zero attached hydrogens (tertiary/aromatic N) is 1. The molecule has 0 radical (unpaired) electrons. The van der Waals surface area contributed by atoms with Gasteiger partial charge in [-0.05, 0) is 44.4 Å². The molecule has 3 nitrogen and oxygen atoms in total. The van der Waals surface area contributed by atoms with E-state index in [1.165, 1.54) is 36.2 Å². The molecule has 3 rings (SSSR count). The van der Waals surface area contributed by atoms with Gasteiger partial charge in [0.2, 0.25) is 0 Å². The Bertz CT molecular complexity index is 472. The number of hydrogen-bond acceptors (Lipinski definition) is 3. The van der Waals surface area contributed by atoms with Crippen molar-refractivity contribution in [3.05, 3.63) is 29.3 Å². The minimum atomic E-state index is 0.603. The highest BCUT2D eigenvalue weighted by Crippen LogP contribution is 2.29. The number of nitrogens with one attached hydrogen (secondary N) is 1. The summed E-state index contributed by atoms with van der Waals surface area (Å²) in [6.07, 6.45) is 3.65. The van der Waals surface area contributed by atoms with Crippen LogP contribution >= 0.6 is 0 Å². The smallest absolute Gasteiger partial charge is 0.0526 e. The summed E-state index contributed by atoms with van der Waals surface area (Å²) in [6.45, 7) is 9.55. The molecule has 2 aliphatic heterocycles. The van der Waals surface area contributed by atoms with Crippen LogP contribution in [-0.4, -0.2) is 38.9 Å². The minimum Gasteiger partial charge on any atom is -0.381 e. The Balaban J connectivity index is 1.73. The molecule has 3 heteroatoms. The molecular weight excluding hydrogens is 260 g/mol. The molecule has 1 saturated heterocycles. The lowest BCUT2D eigenvalue weighted by molar-refractivity contribution is 0.0350. The van der Waals surface area contributed by atoms with Crippen molar-refractivity contribution in [2.45, 2.75) is 39.2 Å². The summed E-state index contributed by atoms with van der Waals surface area (Å²) in [5.74, 6) is 0.603. The molecule has 1 fully saturated rings. The maximum Gasteiger partial charge on any atom is 0.0526 e. The van der Waals surface area contributed by atoms with E-state index in [-0.39, 0.29) is 0 Å². The Hall–Kier alpha value is -1.06. The molecule has 1 N–H and O–H groups in total. The molecule has 21 heavy (non-hydrogen) atoms. The van der Waals surface area contributed by atoms with Gasteiger partial charge in [-0.3, -0.25) is 0 Å². The van der Waals surface area contributed by atoms with Gasteiger partial charge in [-0.15, -0.1) is 0 Å². The lowest BCUT2D eigenvalue weighted by Gasteiger charge is -2.39. The molecule has 2 aliphatic rings. The van der Waals surface area contributed by atoms with Gasteiger partial charge in [-0.1, -0.05) is 24.6 Å². The van der Waals surface area contributed by atoms with E-state index >= 15 is 0 Å². The van der Waals surface area contributed by atoms with Crippen molar-refractivity contribution in [3.8, 4) is 0 Å². The lowest BCUT2D eigenvalue weighted by atomic mass is 9.92. The Morgan fingerprint density at radius 2 is 2.29 bits per heavy atom. The van der Waals surface area contributed by atoms with Gasteiger partial charge in [0.05, 0.1) is 6.61 Å². The number of fused-ring (bicyclic) bond motifs is 1. The highest BCUT2D eigenvalue weighted by molar-refractivity contribution is 5.56. The van der Waals surface area contributed by atoms with Crippen LogP contribution in [0, 0.1) is 12.8 Å². The fourth-order valence-electron chi connectivity index (χ4n) is 3.78. The topological polar surface area (TPSA) is 24.5 Å². The van der Waals surface area contributed by atoms with Crippen molar-refractivity contribution in [1.29, 1.82) is 0 Å². The van der Waals surface area contributed by atoms with E-state index in [2.05, 4.69) is 42.3 Å². The highest BCUT2D eigenvalue weighted by Gasteiger charge is 2.28. The molecule has 0 aliphatic carbocycles. The fraction of sp³-hybridized carbons (Fsp3) is 0.667. The van der Waals surface area contributed by atoms with Crippen molar-refractivity contribution in [2.75, 3.05) is 37.7 Å². The van der Waals surface area contributed by atoms with Crippen molar-refractivity contribution < 1.29 is 4.74 Å². The third kappa shape index (κ3) is 3.41. The molecule has 0 amide bonds. The first kappa shape index (κ1) is 14.9. The van der Waals surface area contributed by atoms with Crippen LogP contribution in [-0.2, 0) is 11.2 Å². The van der Waals surface area contributed by atoms with E-state index in [4.69, 9.17) is 4.74 Å². The Kier molecular flexibility index (Phi) is 4.81. The molecule has 2 atom stereocenters. The quantitative estimate of drug-likeness (QED) is 0.922. The summed E-state index contributed by atoms with van der Waals surface area (Å²) in [6, 6.07) is 7.53. The largest absolute Gasteiger partial charge is 0.381 e. The summed E-state index contributed by atoms with van der Waals surface area (Å²) in [4.78, 5) is 2.59. The van der Waals surface area contributed by atoms with Gasteiger partial charge in [0, 0.05) is 37.3 Å². The lowest BCUT2D eigenvalue weighted by Crippen LogP contribution is -2.48. The third-order valence-corrected chi connectivity index (χ3v) is 4.85. The first-order chi connectivity index (χ1) is 10.3. The molecule has 2 heterocycles. The zero-order chi connectivity index (χ0) is 14.7. The van der Waals surface area contributed by atoms with E-state index in [0.29, 0.717) is 12.0 Å². The first-order valence-corrected chi connectivity index (χ1v) is 8.43. The van der Waals surface area contributed by atoms with Crippen LogP contribution in [0.2, 0.25) is 0 Å². The van der Waals surface area contributed by atoms with Crippen LogP contribution in [0.5, 0.6) is 0 Å². The van der Waals surface area contributed by atoms with Gasteiger partial charge in [0.25, 0.3) is 0 Å². The minimum absolute atomic E-state index is 0.603. The highest BCUT2D eigenvalue weighted by atomic mass is 16.5. The third-order valence-electron chi connectivity index (χ3n) is 4.85. The second-order valence-electron chi connectivity index (χ2n) is 6.47. The van der Waals surface area contributed by atoms with Gasteiger partial charge >= 0.3 is 0 Å². The number of ether oxygens (including phenoxy) is 1. The number of hydrogen-bond donors (Lipinski definition) is 1. The molecule has 0 aromatic heterocycles. The Morgan fingerprint density at radius 1 is 1.38 bits per heavy atom. The van der Waals surface area contributed by atoms with E-state index in [1.807, 2.05) is 0 Å². The van der Waals surface area contributed by atoms with Crippen LogP contribution in [0.25, 0.3) is 0 Å². The summed E-state index contributed by atoms with van der Waals surface area (Å²) in [5, 5.41) is 3.65. The predicted octanol–water partition coefficient (Wildman–Crippen LogP) is 2.76. The van der Waals surface area contributed by atoms with E-state index in [9.17, 15) is 0 Å². The van der Waals surface area contributed by atoms with E-state index in [0.717, 1.165) is 32.7 Å². The monoisotopic (exact) mass is 288 g/mol.